The van der Waals surface area contributed by atoms with Gasteiger partial charge in [-0.2, -0.15) is 0 Å². The molecule has 2 unspecified atom stereocenters. The molecule has 0 heterocycles. The van der Waals surface area contributed by atoms with E-state index < -0.39 is 21.1 Å². The molecular formula is C38H48O2Zr. The quantitative estimate of drug-likeness (QED) is 0.317. The molecule has 216 valence electrons. The summed E-state index contributed by atoms with van der Waals surface area (Å²) in [5.41, 5.74) is 9.22. The van der Waals surface area contributed by atoms with E-state index in [1.807, 2.05) is 0 Å². The van der Waals surface area contributed by atoms with Crippen LogP contribution >= 0.6 is 0 Å². The van der Waals surface area contributed by atoms with Crippen molar-refractivity contribution in [3.8, 4) is 11.5 Å². The normalized spacial score (nSPS) is 22.7. The molecule has 0 amide bonds. The van der Waals surface area contributed by atoms with E-state index in [2.05, 4.69) is 114 Å². The maximum atomic E-state index is 7.55. The van der Waals surface area contributed by atoms with Crippen molar-refractivity contribution in [1.82, 2.24) is 0 Å². The van der Waals surface area contributed by atoms with E-state index >= 15 is 0 Å². The van der Waals surface area contributed by atoms with E-state index in [0.29, 0.717) is 0 Å². The third-order valence-electron chi connectivity index (χ3n) is 9.70. The zero-order valence-electron chi connectivity index (χ0n) is 26.1. The fourth-order valence-electron chi connectivity index (χ4n) is 7.29. The molecule has 0 spiro atoms. The molecule has 0 fully saturated rings. The van der Waals surface area contributed by atoms with E-state index in [9.17, 15) is 0 Å². The molecule has 0 N–H and O–H groups in total. The molecule has 0 aromatic heterocycles. The van der Waals surface area contributed by atoms with Crippen molar-refractivity contribution in [2.75, 3.05) is 0 Å². The topological polar surface area (TPSA) is 18.5 Å². The van der Waals surface area contributed by atoms with Crippen molar-refractivity contribution in [1.29, 1.82) is 0 Å². The Balaban J connectivity index is 1.49. The van der Waals surface area contributed by atoms with Gasteiger partial charge < -0.3 is 0 Å². The number of allylic oxidation sites excluding steroid dienone is 8. The predicted molar refractivity (Wildman–Crippen MR) is 168 cm³/mol. The second kappa shape index (κ2) is 11.2. The SMILES string of the molecule is CC(C)(C)c1ccc([O][Zr]([O]c2ccc(C(C)(C)C)cc2)([CH]2C=CC3=C2CCCC3)[CH]2C=CC3=C2CCCC3)cc1. The van der Waals surface area contributed by atoms with Crippen molar-refractivity contribution in [2.45, 2.75) is 111 Å². The predicted octanol–water partition coefficient (Wildman–Crippen LogP) is 11.2. The fourth-order valence-corrected chi connectivity index (χ4v) is 17.9. The van der Waals surface area contributed by atoms with Gasteiger partial charge in [-0.25, -0.2) is 0 Å². The van der Waals surface area contributed by atoms with Gasteiger partial charge in [-0.05, 0) is 0 Å². The minimum absolute atomic E-state index is 0.107. The van der Waals surface area contributed by atoms with Crippen molar-refractivity contribution >= 4 is 0 Å². The number of hydrogen-bond acceptors (Lipinski definition) is 2. The van der Waals surface area contributed by atoms with Crippen LogP contribution in [-0.4, -0.2) is 0 Å². The van der Waals surface area contributed by atoms with Crippen LogP contribution in [0.2, 0.25) is 7.25 Å². The third kappa shape index (κ3) is 5.78. The monoisotopic (exact) mass is 626 g/mol. The zero-order chi connectivity index (χ0) is 28.8. The summed E-state index contributed by atoms with van der Waals surface area (Å²) in [7, 11) is 0. The number of rotatable bonds is 6. The van der Waals surface area contributed by atoms with Gasteiger partial charge in [0.2, 0.25) is 0 Å². The van der Waals surface area contributed by atoms with Crippen LogP contribution in [0.1, 0.15) is 104 Å². The summed E-state index contributed by atoms with van der Waals surface area (Å²) < 4.78 is 15.6. The fraction of sp³-hybridized carbons (Fsp3) is 0.474. The maximum absolute atomic E-state index is 7.55. The van der Waals surface area contributed by atoms with E-state index in [-0.39, 0.29) is 18.1 Å². The Morgan fingerprint density at radius 3 is 1.27 bits per heavy atom. The van der Waals surface area contributed by atoms with Crippen LogP contribution in [0, 0.1) is 0 Å². The first kappa shape index (κ1) is 29.0. The van der Waals surface area contributed by atoms with Gasteiger partial charge in [0.15, 0.2) is 0 Å². The molecule has 0 saturated carbocycles. The molecule has 0 saturated heterocycles. The summed E-state index contributed by atoms with van der Waals surface area (Å²) in [5, 5.41) is 0. The van der Waals surface area contributed by atoms with Crippen LogP contribution in [0.4, 0.5) is 0 Å². The molecule has 4 aliphatic carbocycles. The summed E-state index contributed by atoms with van der Waals surface area (Å²) in [6.45, 7) is 13.7. The summed E-state index contributed by atoms with van der Waals surface area (Å²) in [4.78, 5) is 0. The van der Waals surface area contributed by atoms with E-state index in [1.165, 1.54) is 62.5 Å². The molecule has 41 heavy (non-hydrogen) atoms. The first-order chi connectivity index (χ1) is 19.5. The molecule has 2 nitrogen and oxygen atoms in total. The molecule has 3 heteroatoms. The Kier molecular flexibility index (Phi) is 7.90. The molecule has 6 rings (SSSR count). The first-order valence-corrected chi connectivity index (χ1v) is 20.8. The Hall–Kier alpha value is -2.12. The van der Waals surface area contributed by atoms with Gasteiger partial charge >= 0.3 is 256 Å². The summed E-state index contributed by atoms with van der Waals surface area (Å²) in [5.74, 6) is 1.94. The van der Waals surface area contributed by atoms with Crippen LogP contribution < -0.4 is 5.63 Å². The molecule has 0 aliphatic heterocycles. The molecule has 2 aromatic rings. The van der Waals surface area contributed by atoms with Gasteiger partial charge in [-0.15, -0.1) is 0 Å². The summed E-state index contributed by atoms with van der Waals surface area (Å²) in [6, 6.07) is 17.9. The Morgan fingerprint density at radius 2 is 0.902 bits per heavy atom. The third-order valence-corrected chi connectivity index (χ3v) is 19.4. The summed E-state index contributed by atoms with van der Waals surface area (Å²) >= 11 is -4.14. The zero-order valence-corrected chi connectivity index (χ0v) is 28.5. The van der Waals surface area contributed by atoms with Crippen LogP contribution in [0.15, 0.2) is 95.1 Å². The van der Waals surface area contributed by atoms with Crippen molar-refractivity contribution < 1.29 is 26.8 Å². The van der Waals surface area contributed by atoms with Crippen molar-refractivity contribution in [3.63, 3.8) is 0 Å². The van der Waals surface area contributed by atoms with Crippen LogP contribution in [0.3, 0.4) is 0 Å². The standard InChI is InChI=1S/2C10H14O.2C9H11.Zr/c2*1-10(2,3)8-4-6-9(11)7-5-8;2*1-2-5-9-7-3-6-8(9)4-1;/h2*4-7,11H,1-3H3;2*3,6-7H,1-2,4-5H2;/q;;;;+2/p-2. The van der Waals surface area contributed by atoms with Crippen LogP contribution in [0.5, 0.6) is 11.5 Å². The van der Waals surface area contributed by atoms with Gasteiger partial charge in [0, 0.05) is 0 Å². The second-order valence-corrected chi connectivity index (χ2v) is 22.3. The van der Waals surface area contributed by atoms with Gasteiger partial charge in [-0.1, -0.05) is 0 Å². The summed E-state index contributed by atoms with van der Waals surface area (Å²) in [6.07, 6.45) is 19.7. The average molecular weight is 628 g/mol. The number of hydrogen-bond donors (Lipinski definition) is 0. The van der Waals surface area contributed by atoms with Gasteiger partial charge in [0.25, 0.3) is 0 Å². The molecule has 2 atom stereocenters. The molecule has 0 radical (unpaired) electrons. The molecule has 4 aliphatic rings. The van der Waals surface area contributed by atoms with Gasteiger partial charge in [0.05, 0.1) is 0 Å². The van der Waals surface area contributed by atoms with Crippen molar-refractivity contribution in [2.24, 2.45) is 0 Å². The van der Waals surface area contributed by atoms with Crippen LogP contribution in [-0.2, 0) is 32.0 Å². The minimum atomic E-state index is -4.14. The average Bonchev–Trinajstić information content (AvgIpc) is 3.58. The van der Waals surface area contributed by atoms with E-state index in [0.717, 1.165) is 11.5 Å². The van der Waals surface area contributed by atoms with Gasteiger partial charge in [-0.3, -0.25) is 0 Å². The van der Waals surface area contributed by atoms with Gasteiger partial charge in [0.1, 0.15) is 0 Å². The number of benzene rings is 2. The van der Waals surface area contributed by atoms with Crippen molar-refractivity contribution in [3.05, 3.63) is 106 Å². The first-order valence-electron chi connectivity index (χ1n) is 15.9. The Labute approximate surface area is 254 Å². The molecular weight excluding hydrogens is 580 g/mol. The Bertz CT molecular complexity index is 1280. The second-order valence-electron chi connectivity index (χ2n) is 14.7. The molecule has 0 bridgehead atoms. The molecule has 2 aromatic carbocycles. The Morgan fingerprint density at radius 1 is 0.537 bits per heavy atom. The van der Waals surface area contributed by atoms with E-state index in [4.69, 9.17) is 5.63 Å². The van der Waals surface area contributed by atoms with Crippen LogP contribution in [0.25, 0.3) is 0 Å². The van der Waals surface area contributed by atoms with E-state index in [1.54, 1.807) is 22.3 Å².